The van der Waals surface area contributed by atoms with Crippen LogP contribution in [-0.2, 0) is 11.3 Å². The van der Waals surface area contributed by atoms with Gasteiger partial charge in [0.2, 0.25) is 11.7 Å². The number of Topliss-reactive ketones (excluding diaryl/α,β-unsaturated/α-hetero) is 1. The molecule has 0 aliphatic heterocycles. The van der Waals surface area contributed by atoms with Crippen LogP contribution >= 0.6 is 0 Å². The fourth-order valence-corrected chi connectivity index (χ4v) is 4.26. The summed E-state index contributed by atoms with van der Waals surface area (Å²) in [5.74, 6) is 0.750. The van der Waals surface area contributed by atoms with Gasteiger partial charge in [-0.1, -0.05) is 20.8 Å². The van der Waals surface area contributed by atoms with Gasteiger partial charge in [-0.15, -0.1) is 0 Å². The number of rotatable bonds is 8. The van der Waals surface area contributed by atoms with Crippen LogP contribution in [-0.4, -0.2) is 57.6 Å². The Labute approximate surface area is 190 Å². The monoisotopic (exact) mass is 443 g/mol. The Morgan fingerprint density at radius 1 is 1.22 bits per heavy atom. The first kappa shape index (κ1) is 24.2. The molecule has 1 amide bonds. The Kier molecular flexibility index (Phi) is 7.59. The molecule has 1 N–H and O–H groups in total. The van der Waals surface area contributed by atoms with Gasteiger partial charge >= 0.3 is 0 Å². The lowest BCUT2D eigenvalue weighted by Gasteiger charge is -2.27. The molecule has 0 bridgehead atoms. The van der Waals surface area contributed by atoms with Gasteiger partial charge in [-0.3, -0.25) is 9.59 Å². The number of methoxy groups -OCH3 is 1. The number of hydrogen-bond acceptors (Lipinski definition) is 5. The number of fused-ring (bicyclic) bond motifs is 1. The van der Waals surface area contributed by atoms with Crippen molar-refractivity contribution in [2.75, 3.05) is 20.2 Å². The second-order valence-corrected chi connectivity index (χ2v) is 10.0. The largest absolute Gasteiger partial charge is 0.497 e. The second-order valence-electron chi connectivity index (χ2n) is 10.0. The highest BCUT2D eigenvalue weighted by Crippen LogP contribution is 2.30. The van der Waals surface area contributed by atoms with Gasteiger partial charge in [0.05, 0.1) is 24.2 Å². The van der Waals surface area contributed by atoms with E-state index in [0.29, 0.717) is 55.9 Å². The van der Waals surface area contributed by atoms with E-state index in [1.165, 1.54) is 0 Å². The van der Waals surface area contributed by atoms with Crippen molar-refractivity contribution in [3.05, 3.63) is 24.0 Å². The molecule has 1 aliphatic rings. The zero-order valence-electron chi connectivity index (χ0n) is 20.1. The number of imidazole rings is 1. The Morgan fingerprint density at radius 2 is 1.91 bits per heavy atom. The molecule has 0 atom stereocenters. The standard InChI is InChI=1S/C25H37N3O4/c1-6-27(14-13-25(2,3)4)22(30)16-28-21-15-19(32-5)11-12-20(21)26-24(28)23(31)17-7-9-18(29)10-8-17/h11-12,15,17-18,29H,6-10,13-14,16H2,1-5H3/t17-,18-. The maximum absolute atomic E-state index is 13.4. The summed E-state index contributed by atoms with van der Waals surface area (Å²) in [6, 6.07) is 5.48. The number of ether oxygens (including phenoxy) is 1. The number of likely N-dealkylation sites (N-methyl/N-ethyl adjacent to an activating group) is 1. The smallest absolute Gasteiger partial charge is 0.242 e. The van der Waals surface area contributed by atoms with E-state index >= 15 is 0 Å². The molecule has 32 heavy (non-hydrogen) atoms. The van der Waals surface area contributed by atoms with Gasteiger partial charge in [-0.2, -0.15) is 0 Å². The fourth-order valence-electron chi connectivity index (χ4n) is 4.26. The van der Waals surface area contributed by atoms with Crippen molar-refractivity contribution >= 4 is 22.7 Å². The van der Waals surface area contributed by atoms with Crippen molar-refractivity contribution in [2.45, 2.75) is 72.4 Å². The Hall–Kier alpha value is -2.41. The van der Waals surface area contributed by atoms with Gasteiger partial charge in [0.1, 0.15) is 12.3 Å². The summed E-state index contributed by atoms with van der Waals surface area (Å²) in [7, 11) is 1.59. The number of aliphatic hydroxyl groups is 1. The van der Waals surface area contributed by atoms with Crippen LogP contribution in [0.1, 0.15) is 70.4 Å². The number of aromatic nitrogens is 2. The number of nitrogens with zero attached hydrogens (tertiary/aromatic N) is 3. The number of benzene rings is 1. The summed E-state index contributed by atoms with van der Waals surface area (Å²) < 4.78 is 7.13. The summed E-state index contributed by atoms with van der Waals surface area (Å²) in [4.78, 5) is 33.1. The molecule has 1 fully saturated rings. The highest BCUT2D eigenvalue weighted by Gasteiger charge is 2.30. The topological polar surface area (TPSA) is 84.7 Å². The maximum Gasteiger partial charge on any atom is 0.242 e. The molecule has 0 unspecified atom stereocenters. The Balaban J connectivity index is 1.93. The number of carbonyl (C=O) groups excluding carboxylic acids is 2. The van der Waals surface area contributed by atoms with E-state index in [0.717, 1.165) is 11.9 Å². The van der Waals surface area contributed by atoms with E-state index in [9.17, 15) is 14.7 Å². The zero-order chi connectivity index (χ0) is 23.5. The molecule has 7 nitrogen and oxygen atoms in total. The van der Waals surface area contributed by atoms with Gasteiger partial charge in [-0.25, -0.2) is 4.98 Å². The third-order valence-electron chi connectivity index (χ3n) is 6.40. The average molecular weight is 444 g/mol. The summed E-state index contributed by atoms with van der Waals surface area (Å²) in [5, 5.41) is 9.82. The summed E-state index contributed by atoms with van der Waals surface area (Å²) in [5.41, 5.74) is 1.54. The van der Waals surface area contributed by atoms with Crippen LogP contribution in [0.3, 0.4) is 0 Å². The normalized spacial score (nSPS) is 19.2. The molecule has 2 aromatic rings. The third kappa shape index (κ3) is 5.68. The van der Waals surface area contributed by atoms with Crippen molar-refractivity contribution in [1.82, 2.24) is 14.5 Å². The number of carbonyl (C=O) groups is 2. The predicted octanol–water partition coefficient (Wildman–Crippen LogP) is 4.06. The minimum absolute atomic E-state index is 0.0213. The fraction of sp³-hybridized carbons (Fsp3) is 0.640. The SMILES string of the molecule is CCN(CCC(C)(C)C)C(=O)Cn1c(C(=O)[C@H]2CC[C@H](O)CC2)nc2ccc(OC)cc21. The second kappa shape index (κ2) is 10.0. The Bertz CT molecular complexity index is 952. The molecule has 1 aliphatic carbocycles. The minimum Gasteiger partial charge on any atom is -0.497 e. The van der Waals surface area contributed by atoms with E-state index in [-0.39, 0.29) is 35.7 Å². The number of hydrogen-bond donors (Lipinski definition) is 1. The van der Waals surface area contributed by atoms with Crippen LogP contribution in [0.15, 0.2) is 18.2 Å². The zero-order valence-corrected chi connectivity index (χ0v) is 20.1. The molecule has 1 aromatic heterocycles. The first-order valence-corrected chi connectivity index (χ1v) is 11.7. The van der Waals surface area contributed by atoms with E-state index < -0.39 is 0 Å². The van der Waals surface area contributed by atoms with E-state index in [2.05, 4.69) is 25.8 Å². The van der Waals surface area contributed by atoms with Gasteiger partial charge in [-0.05, 0) is 56.6 Å². The van der Waals surface area contributed by atoms with Crippen LogP contribution < -0.4 is 4.74 Å². The lowest BCUT2D eigenvalue weighted by molar-refractivity contribution is -0.131. The van der Waals surface area contributed by atoms with Crippen molar-refractivity contribution in [1.29, 1.82) is 0 Å². The summed E-state index contributed by atoms with van der Waals surface area (Å²) >= 11 is 0. The molecule has 3 rings (SSSR count). The van der Waals surface area contributed by atoms with Gasteiger partial charge in [0.15, 0.2) is 5.82 Å². The van der Waals surface area contributed by atoms with E-state index in [1.807, 2.05) is 30.0 Å². The molecule has 176 valence electrons. The molecule has 0 spiro atoms. The molecule has 1 aromatic carbocycles. The quantitative estimate of drug-likeness (QED) is 0.622. The molecular formula is C25H37N3O4. The lowest BCUT2D eigenvalue weighted by atomic mass is 9.84. The van der Waals surface area contributed by atoms with Crippen LogP contribution in [0.25, 0.3) is 11.0 Å². The van der Waals surface area contributed by atoms with E-state index in [1.54, 1.807) is 11.7 Å². The lowest BCUT2D eigenvalue weighted by Crippen LogP contribution is -2.36. The average Bonchev–Trinajstić information content (AvgIpc) is 3.10. The van der Waals surface area contributed by atoms with Crippen molar-refractivity contribution in [3.63, 3.8) is 0 Å². The Morgan fingerprint density at radius 3 is 2.50 bits per heavy atom. The summed E-state index contributed by atoms with van der Waals surface area (Å²) in [6.45, 7) is 9.84. The van der Waals surface area contributed by atoms with Crippen LogP contribution in [0.5, 0.6) is 5.75 Å². The van der Waals surface area contributed by atoms with Crippen molar-refractivity contribution in [2.24, 2.45) is 11.3 Å². The van der Waals surface area contributed by atoms with Crippen LogP contribution in [0, 0.1) is 11.3 Å². The molecule has 7 heteroatoms. The third-order valence-corrected chi connectivity index (χ3v) is 6.40. The van der Waals surface area contributed by atoms with Crippen LogP contribution in [0.4, 0.5) is 0 Å². The molecule has 0 radical (unpaired) electrons. The first-order chi connectivity index (χ1) is 15.1. The number of aliphatic hydroxyl groups excluding tert-OH is 1. The van der Waals surface area contributed by atoms with E-state index in [4.69, 9.17) is 4.74 Å². The molecule has 1 saturated carbocycles. The number of ketones is 1. The van der Waals surface area contributed by atoms with Gasteiger partial charge < -0.3 is 19.3 Å². The maximum atomic E-state index is 13.4. The summed E-state index contributed by atoms with van der Waals surface area (Å²) in [6.07, 6.45) is 3.12. The van der Waals surface area contributed by atoms with Gasteiger partial charge in [0.25, 0.3) is 0 Å². The highest BCUT2D eigenvalue weighted by molar-refractivity contribution is 5.99. The predicted molar refractivity (Wildman–Crippen MR) is 125 cm³/mol. The van der Waals surface area contributed by atoms with Gasteiger partial charge in [0, 0.05) is 25.1 Å². The molecule has 1 heterocycles. The first-order valence-electron chi connectivity index (χ1n) is 11.7. The van der Waals surface area contributed by atoms with Crippen molar-refractivity contribution < 1.29 is 19.4 Å². The van der Waals surface area contributed by atoms with Crippen molar-refractivity contribution in [3.8, 4) is 5.75 Å². The molecular weight excluding hydrogens is 406 g/mol. The molecule has 0 saturated heterocycles. The van der Waals surface area contributed by atoms with Crippen LogP contribution in [0.2, 0.25) is 0 Å². The minimum atomic E-state index is -0.329. The number of amides is 1. The highest BCUT2D eigenvalue weighted by atomic mass is 16.5.